The van der Waals surface area contributed by atoms with Crippen LogP contribution >= 0.6 is 0 Å². The van der Waals surface area contributed by atoms with Crippen molar-refractivity contribution in [2.24, 2.45) is 0 Å². The van der Waals surface area contributed by atoms with Crippen LogP contribution < -0.4 is 0 Å². The lowest BCUT2D eigenvalue weighted by Crippen LogP contribution is -2.26. The molecule has 0 bridgehead atoms. The van der Waals surface area contributed by atoms with Gasteiger partial charge in [-0.2, -0.15) is 0 Å². The molecule has 0 aliphatic rings. The molecule has 1 aromatic rings. The summed E-state index contributed by atoms with van der Waals surface area (Å²) in [7, 11) is -3.20. The minimum absolute atomic E-state index is 0.0536. The van der Waals surface area contributed by atoms with E-state index in [9.17, 15) is 13.5 Å². The summed E-state index contributed by atoms with van der Waals surface area (Å²) in [6.07, 6.45) is -0.948. The molecule has 1 rings (SSSR count). The van der Waals surface area contributed by atoms with Crippen LogP contribution in [-0.2, 0) is 9.84 Å². The third kappa shape index (κ3) is 2.79. The van der Waals surface area contributed by atoms with E-state index >= 15 is 0 Å². The number of hydrogen-bond donors (Lipinski definition) is 1. The molecule has 0 saturated heterocycles. The Balaban J connectivity index is 2.92. The first-order valence-electron chi connectivity index (χ1n) is 4.93. The predicted octanol–water partition coefficient (Wildman–Crippen LogP) is 1.54. The zero-order chi connectivity index (χ0) is 11.5. The summed E-state index contributed by atoms with van der Waals surface area (Å²) in [5, 5.41) is 9.12. The third-order valence-electron chi connectivity index (χ3n) is 2.55. The SMILES string of the molecule is CCS(=O)(=O)[C@@H](C)[C@@H](O)c1ccccc1. The van der Waals surface area contributed by atoms with Crippen LogP contribution in [0.2, 0.25) is 0 Å². The Hall–Kier alpha value is -0.870. The van der Waals surface area contributed by atoms with Crippen LogP contribution in [0.1, 0.15) is 25.5 Å². The normalized spacial score (nSPS) is 15.9. The lowest BCUT2D eigenvalue weighted by molar-refractivity contribution is 0.176. The van der Waals surface area contributed by atoms with Crippen molar-refractivity contribution in [2.75, 3.05) is 5.75 Å². The maximum absolute atomic E-state index is 11.6. The predicted molar refractivity (Wildman–Crippen MR) is 60.3 cm³/mol. The lowest BCUT2D eigenvalue weighted by atomic mass is 10.1. The van der Waals surface area contributed by atoms with E-state index in [0.29, 0.717) is 5.56 Å². The molecule has 1 aromatic carbocycles. The first-order chi connectivity index (χ1) is 6.99. The fourth-order valence-electron chi connectivity index (χ4n) is 1.38. The maximum atomic E-state index is 11.6. The van der Waals surface area contributed by atoms with Gasteiger partial charge in [0.1, 0.15) is 0 Å². The van der Waals surface area contributed by atoms with Crippen LogP contribution in [0, 0.1) is 0 Å². The number of rotatable bonds is 4. The summed E-state index contributed by atoms with van der Waals surface area (Å²) >= 11 is 0. The summed E-state index contributed by atoms with van der Waals surface area (Å²) < 4.78 is 23.1. The highest BCUT2D eigenvalue weighted by atomic mass is 32.2. The Labute approximate surface area is 90.7 Å². The van der Waals surface area contributed by atoms with Crippen LogP contribution in [0.25, 0.3) is 0 Å². The molecule has 0 amide bonds. The molecule has 0 unspecified atom stereocenters. The molecule has 84 valence electrons. The van der Waals surface area contributed by atoms with Crippen molar-refractivity contribution in [3.05, 3.63) is 35.9 Å². The number of sulfone groups is 1. The van der Waals surface area contributed by atoms with E-state index in [-0.39, 0.29) is 5.75 Å². The van der Waals surface area contributed by atoms with Crippen LogP contribution in [0.4, 0.5) is 0 Å². The fraction of sp³-hybridized carbons (Fsp3) is 0.455. The van der Waals surface area contributed by atoms with E-state index in [1.807, 2.05) is 6.07 Å². The molecule has 0 aliphatic carbocycles. The van der Waals surface area contributed by atoms with E-state index < -0.39 is 21.2 Å². The van der Waals surface area contributed by atoms with Crippen molar-refractivity contribution < 1.29 is 13.5 Å². The lowest BCUT2D eigenvalue weighted by Gasteiger charge is -2.18. The Morgan fingerprint density at radius 2 is 1.80 bits per heavy atom. The van der Waals surface area contributed by atoms with E-state index in [0.717, 1.165) is 0 Å². The van der Waals surface area contributed by atoms with Crippen LogP contribution in [0.5, 0.6) is 0 Å². The second-order valence-electron chi connectivity index (χ2n) is 3.51. The van der Waals surface area contributed by atoms with Gasteiger partial charge in [0.15, 0.2) is 9.84 Å². The van der Waals surface area contributed by atoms with Crippen molar-refractivity contribution in [3.63, 3.8) is 0 Å². The van der Waals surface area contributed by atoms with Gasteiger partial charge in [-0.25, -0.2) is 8.42 Å². The average Bonchev–Trinajstić information content (AvgIpc) is 2.28. The smallest absolute Gasteiger partial charge is 0.155 e. The second-order valence-corrected chi connectivity index (χ2v) is 6.16. The first-order valence-corrected chi connectivity index (χ1v) is 6.65. The molecule has 0 aliphatic heterocycles. The molecule has 2 atom stereocenters. The quantitative estimate of drug-likeness (QED) is 0.850. The highest BCUT2D eigenvalue weighted by molar-refractivity contribution is 7.92. The van der Waals surface area contributed by atoms with Gasteiger partial charge in [-0.1, -0.05) is 37.3 Å². The molecule has 4 heteroatoms. The van der Waals surface area contributed by atoms with Gasteiger partial charge in [-0.05, 0) is 12.5 Å². The van der Waals surface area contributed by atoms with Gasteiger partial charge in [0.05, 0.1) is 11.4 Å². The molecule has 15 heavy (non-hydrogen) atoms. The molecular weight excluding hydrogens is 212 g/mol. The van der Waals surface area contributed by atoms with Gasteiger partial charge in [0, 0.05) is 5.75 Å². The van der Waals surface area contributed by atoms with Gasteiger partial charge in [-0.15, -0.1) is 0 Å². The van der Waals surface area contributed by atoms with Crippen molar-refractivity contribution >= 4 is 9.84 Å². The Morgan fingerprint density at radius 1 is 1.27 bits per heavy atom. The summed E-state index contributed by atoms with van der Waals surface area (Å²) in [6, 6.07) is 8.85. The maximum Gasteiger partial charge on any atom is 0.155 e. The van der Waals surface area contributed by atoms with Crippen molar-refractivity contribution in [1.29, 1.82) is 0 Å². The monoisotopic (exact) mass is 228 g/mol. The van der Waals surface area contributed by atoms with Gasteiger partial charge in [-0.3, -0.25) is 0 Å². The van der Waals surface area contributed by atoms with Crippen LogP contribution in [0.15, 0.2) is 30.3 Å². The molecule has 0 spiro atoms. The number of hydrogen-bond acceptors (Lipinski definition) is 3. The van der Waals surface area contributed by atoms with E-state index in [1.54, 1.807) is 31.2 Å². The molecule has 0 fully saturated rings. The van der Waals surface area contributed by atoms with Crippen molar-refractivity contribution in [3.8, 4) is 0 Å². The molecule has 0 aromatic heterocycles. The third-order valence-corrected chi connectivity index (χ3v) is 4.75. The molecule has 0 radical (unpaired) electrons. The van der Waals surface area contributed by atoms with Gasteiger partial charge >= 0.3 is 0 Å². The standard InChI is InChI=1S/C11H16O3S/c1-3-15(13,14)9(2)11(12)10-7-5-4-6-8-10/h4-9,11-12H,3H2,1-2H3/t9-,11+/m0/s1. The number of aliphatic hydroxyl groups is 1. The van der Waals surface area contributed by atoms with E-state index in [2.05, 4.69) is 0 Å². The van der Waals surface area contributed by atoms with Crippen LogP contribution in [-0.4, -0.2) is 24.5 Å². The van der Waals surface area contributed by atoms with Crippen molar-refractivity contribution in [2.45, 2.75) is 25.2 Å². The topological polar surface area (TPSA) is 54.4 Å². The first kappa shape index (κ1) is 12.2. The summed E-state index contributed by atoms with van der Waals surface area (Å²) in [6.45, 7) is 3.13. The van der Waals surface area contributed by atoms with Gasteiger partial charge in [0.25, 0.3) is 0 Å². The molecule has 0 heterocycles. The molecule has 1 N–H and O–H groups in total. The number of aliphatic hydroxyl groups excluding tert-OH is 1. The minimum Gasteiger partial charge on any atom is -0.387 e. The number of benzene rings is 1. The van der Waals surface area contributed by atoms with Crippen LogP contribution in [0.3, 0.4) is 0 Å². The molecule has 0 saturated carbocycles. The minimum atomic E-state index is -3.20. The van der Waals surface area contributed by atoms with E-state index in [1.165, 1.54) is 6.92 Å². The highest BCUT2D eigenvalue weighted by Gasteiger charge is 2.27. The Kier molecular flexibility index (Phi) is 3.88. The molecular formula is C11H16O3S. The van der Waals surface area contributed by atoms with E-state index in [4.69, 9.17) is 0 Å². The zero-order valence-electron chi connectivity index (χ0n) is 8.92. The zero-order valence-corrected chi connectivity index (χ0v) is 9.74. The average molecular weight is 228 g/mol. The summed E-state index contributed by atoms with van der Waals surface area (Å²) in [5.41, 5.74) is 0.641. The highest BCUT2D eigenvalue weighted by Crippen LogP contribution is 2.21. The van der Waals surface area contributed by atoms with Crippen molar-refractivity contribution in [1.82, 2.24) is 0 Å². The summed E-state index contributed by atoms with van der Waals surface area (Å²) in [4.78, 5) is 0. The second kappa shape index (κ2) is 4.77. The molecule has 3 nitrogen and oxygen atoms in total. The Bertz CT molecular complexity index is 397. The summed E-state index contributed by atoms with van der Waals surface area (Å²) in [5.74, 6) is 0.0536. The van der Waals surface area contributed by atoms with Gasteiger partial charge < -0.3 is 5.11 Å². The largest absolute Gasteiger partial charge is 0.387 e. The fourth-order valence-corrected chi connectivity index (χ4v) is 2.46. The Morgan fingerprint density at radius 3 is 2.27 bits per heavy atom. The van der Waals surface area contributed by atoms with Gasteiger partial charge in [0.2, 0.25) is 0 Å².